The molecule has 1 aromatic heterocycles. The normalized spacial score (nSPS) is 15.2. The molecule has 3 aromatic carbocycles. The minimum Gasteiger partial charge on any atom is -0.331 e. The molecular weight excluding hydrogens is 462 g/mol. The smallest absolute Gasteiger partial charge is 0.244 e. The molecule has 1 aliphatic rings. The molecular formula is C27H27N3O4S. The molecule has 0 spiro atoms. The summed E-state index contributed by atoms with van der Waals surface area (Å²) in [6.45, 7) is 1.10. The number of benzene rings is 3. The minimum atomic E-state index is -3.54. The summed E-state index contributed by atoms with van der Waals surface area (Å²) in [5.74, 6) is -0.271. The number of carbonyl (C=O) groups excluding carboxylic acids is 1. The van der Waals surface area contributed by atoms with Crippen molar-refractivity contribution in [1.82, 2.24) is 8.87 Å². The summed E-state index contributed by atoms with van der Waals surface area (Å²) < 4.78 is 29.4. The number of carbonyl (C=O) groups is 1. The topological polar surface area (TPSA) is 88.5 Å². The van der Waals surface area contributed by atoms with Gasteiger partial charge in [-0.3, -0.25) is 9.59 Å². The van der Waals surface area contributed by atoms with Gasteiger partial charge in [-0.25, -0.2) is 8.42 Å². The van der Waals surface area contributed by atoms with E-state index in [0.29, 0.717) is 40.6 Å². The van der Waals surface area contributed by atoms with Crippen LogP contribution in [0.2, 0.25) is 0 Å². The van der Waals surface area contributed by atoms with E-state index in [-0.39, 0.29) is 22.8 Å². The molecule has 1 N–H and O–H groups in total. The quantitative estimate of drug-likeness (QED) is 0.422. The maximum Gasteiger partial charge on any atom is 0.244 e. The fourth-order valence-corrected chi connectivity index (χ4v) is 6.25. The molecule has 4 aromatic rings. The molecule has 1 saturated heterocycles. The highest BCUT2D eigenvalue weighted by atomic mass is 32.2. The molecule has 0 aliphatic carbocycles. The molecule has 0 radical (unpaired) electrons. The van der Waals surface area contributed by atoms with E-state index in [4.69, 9.17) is 0 Å². The summed E-state index contributed by atoms with van der Waals surface area (Å²) in [5.41, 5.74) is 1.82. The highest BCUT2D eigenvalue weighted by Crippen LogP contribution is 2.23. The zero-order valence-electron chi connectivity index (χ0n) is 19.3. The summed E-state index contributed by atoms with van der Waals surface area (Å²) >= 11 is 0. The molecule has 0 unspecified atom stereocenters. The van der Waals surface area contributed by atoms with E-state index in [1.54, 1.807) is 40.7 Å². The largest absolute Gasteiger partial charge is 0.331 e. The van der Waals surface area contributed by atoms with Crippen molar-refractivity contribution in [3.8, 4) is 0 Å². The first-order chi connectivity index (χ1) is 16.9. The fraction of sp³-hybridized carbons (Fsp3) is 0.259. The van der Waals surface area contributed by atoms with Crippen LogP contribution >= 0.6 is 0 Å². The van der Waals surface area contributed by atoms with Crippen LogP contribution in [-0.4, -0.2) is 36.3 Å². The van der Waals surface area contributed by atoms with Crippen molar-refractivity contribution in [3.63, 3.8) is 0 Å². The van der Waals surface area contributed by atoms with Crippen molar-refractivity contribution in [2.75, 3.05) is 18.4 Å². The summed E-state index contributed by atoms with van der Waals surface area (Å²) in [7, 11) is -3.54. The van der Waals surface area contributed by atoms with Gasteiger partial charge in [0.25, 0.3) is 0 Å². The average molecular weight is 490 g/mol. The summed E-state index contributed by atoms with van der Waals surface area (Å²) in [5, 5.41) is 3.97. The summed E-state index contributed by atoms with van der Waals surface area (Å²) in [6.07, 6.45) is 3.86. The number of pyridine rings is 1. The van der Waals surface area contributed by atoms with E-state index in [9.17, 15) is 18.0 Å². The molecule has 1 amide bonds. The highest BCUT2D eigenvalue weighted by molar-refractivity contribution is 7.89. The molecule has 2 heterocycles. The Hall–Kier alpha value is -3.49. The highest BCUT2D eigenvalue weighted by Gasteiger charge is 2.25. The van der Waals surface area contributed by atoms with Gasteiger partial charge in [-0.15, -0.1) is 0 Å². The standard InChI is InChI=1S/C27H27N3O4S/c31-26(19-30-24-11-5-3-9-22(24)27(32)23-10-4-6-12-25(23)30)28-20-13-15-21(16-14-20)35(33,34)29-17-7-1-2-8-18-29/h3-6,9-16H,1-2,7-8,17-19H2,(H,28,31). The number of amides is 1. The van der Waals surface area contributed by atoms with E-state index in [2.05, 4.69) is 5.32 Å². The van der Waals surface area contributed by atoms with Gasteiger partial charge in [0, 0.05) is 29.5 Å². The van der Waals surface area contributed by atoms with Crippen molar-refractivity contribution in [3.05, 3.63) is 83.0 Å². The van der Waals surface area contributed by atoms with Gasteiger partial charge in [0.15, 0.2) is 5.43 Å². The number of rotatable bonds is 5. The van der Waals surface area contributed by atoms with Gasteiger partial charge in [-0.1, -0.05) is 37.1 Å². The number of hydrogen-bond donors (Lipinski definition) is 1. The van der Waals surface area contributed by atoms with Gasteiger partial charge in [0.05, 0.1) is 15.9 Å². The number of hydrogen-bond acceptors (Lipinski definition) is 4. The predicted octanol–water partition coefficient (Wildman–Crippen LogP) is 4.36. The first-order valence-electron chi connectivity index (χ1n) is 11.9. The Labute approximate surface area is 204 Å². The van der Waals surface area contributed by atoms with E-state index >= 15 is 0 Å². The Kier molecular flexibility index (Phi) is 6.40. The molecule has 8 heteroatoms. The Balaban J connectivity index is 1.38. The van der Waals surface area contributed by atoms with Gasteiger partial charge in [0.2, 0.25) is 15.9 Å². The van der Waals surface area contributed by atoms with Crippen LogP contribution in [0.4, 0.5) is 5.69 Å². The lowest BCUT2D eigenvalue weighted by Gasteiger charge is -2.20. The SMILES string of the molecule is O=C(Cn1c2ccccc2c(=O)c2ccccc21)Nc1ccc(S(=O)(=O)N2CCCCCC2)cc1. The van der Waals surface area contributed by atoms with Crippen LogP contribution < -0.4 is 10.7 Å². The van der Waals surface area contributed by atoms with Crippen LogP contribution in [0.25, 0.3) is 21.8 Å². The van der Waals surface area contributed by atoms with Crippen molar-refractivity contribution < 1.29 is 13.2 Å². The molecule has 7 nitrogen and oxygen atoms in total. The zero-order valence-corrected chi connectivity index (χ0v) is 20.1. The third-order valence-corrected chi connectivity index (χ3v) is 8.43. The molecule has 0 atom stereocenters. The Morgan fingerprint density at radius 3 is 1.89 bits per heavy atom. The first-order valence-corrected chi connectivity index (χ1v) is 13.3. The number of nitrogens with zero attached hydrogens (tertiary/aromatic N) is 2. The van der Waals surface area contributed by atoms with E-state index in [0.717, 1.165) is 25.7 Å². The maximum absolute atomic E-state index is 13.0. The zero-order chi connectivity index (χ0) is 24.4. The van der Waals surface area contributed by atoms with E-state index in [1.165, 1.54) is 0 Å². The molecule has 0 bridgehead atoms. The van der Waals surface area contributed by atoms with Crippen LogP contribution in [0.5, 0.6) is 0 Å². The minimum absolute atomic E-state index is 0.00906. The van der Waals surface area contributed by atoms with Gasteiger partial charge in [-0.05, 0) is 61.4 Å². The number of sulfonamides is 1. The predicted molar refractivity (Wildman–Crippen MR) is 138 cm³/mol. The Bertz CT molecular complexity index is 1490. The Morgan fingerprint density at radius 1 is 0.771 bits per heavy atom. The Morgan fingerprint density at radius 2 is 1.31 bits per heavy atom. The molecule has 1 fully saturated rings. The van der Waals surface area contributed by atoms with Crippen LogP contribution in [0.15, 0.2) is 82.5 Å². The van der Waals surface area contributed by atoms with Gasteiger partial charge in [-0.2, -0.15) is 4.31 Å². The fourth-order valence-electron chi connectivity index (χ4n) is 4.73. The molecule has 1 aliphatic heterocycles. The van der Waals surface area contributed by atoms with Gasteiger partial charge >= 0.3 is 0 Å². The number of anilines is 1. The lowest BCUT2D eigenvalue weighted by atomic mass is 10.1. The van der Waals surface area contributed by atoms with Crippen LogP contribution in [0.1, 0.15) is 25.7 Å². The third kappa shape index (κ3) is 4.59. The summed E-state index contributed by atoms with van der Waals surface area (Å²) in [4.78, 5) is 26.1. The van der Waals surface area contributed by atoms with Crippen LogP contribution in [0, 0.1) is 0 Å². The number of nitrogens with one attached hydrogen (secondary N) is 1. The second-order valence-corrected chi connectivity index (χ2v) is 10.8. The number of fused-ring (bicyclic) bond motifs is 2. The first kappa shape index (κ1) is 23.3. The van der Waals surface area contributed by atoms with Gasteiger partial charge in [0.1, 0.15) is 6.54 Å². The van der Waals surface area contributed by atoms with Crippen molar-refractivity contribution in [1.29, 1.82) is 0 Å². The third-order valence-electron chi connectivity index (χ3n) is 6.52. The average Bonchev–Trinajstić information content (AvgIpc) is 3.17. The maximum atomic E-state index is 13.0. The number of aromatic nitrogens is 1. The van der Waals surface area contributed by atoms with Crippen LogP contribution in [0.3, 0.4) is 0 Å². The molecule has 35 heavy (non-hydrogen) atoms. The molecule has 5 rings (SSSR count). The molecule has 0 saturated carbocycles. The lowest BCUT2D eigenvalue weighted by Crippen LogP contribution is -2.31. The van der Waals surface area contributed by atoms with Crippen molar-refractivity contribution in [2.24, 2.45) is 0 Å². The lowest BCUT2D eigenvalue weighted by molar-refractivity contribution is -0.116. The summed E-state index contributed by atoms with van der Waals surface area (Å²) in [6, 6.07) is 20.8. The monoisotopic (exact) mass is 489 g/mol. The van der Waals surface area contributed by atoms with Crippen molar-refractivity contribution in [2.45, 2.75) is 37.1 Å². The second-order valence-electron chi connectivity index (χ2n) is 8.84. The van der Waals surface area contributed by atoms with Gasteiger partial charge < -0.3 is 9.88 Å². The van der Waals surface area contributed by atoms with Crippen LogP contribution in [-0.2, 0) is 21.4 Å². The number of para-hydroxylation sites is 2. The van der Waals surface area contributed by atoms with E-state index < -0.39 is 10.0 Å². The molecule has 180 valence electrons. The second kappa shape index (κ2) is 9.64. The van der Waals surface area contributed by atoms with Crippen molar-refractivity contribution >= 4 is 43.4 Å². The van der Waals surface area contributed by atoms with E-state index in [1.807, 2.05) is 41.0 Å².